The minimum atomic E-state index is -0.332. The molecule has 1 aromatic heterocycles. The predicted molar refractivity (Wildman–Crippen MR) is 97.0 cm³/mol. The Bertz CT molecular complexity index is 865. The van der Waals surface area contributed by atoms with Crippen LogP contribution in [0.4, 0.5) is 0 Å². The molecule has 2 nitrogen and oxygen atoms in total. The lowest BCUT2D eigenvalue weighted by atomic mass is 10.0. The Labute approximate surface area is 144 Å². The van der Waals surface area contributed by atoms with E-state index >= 15 is 0 Å². The van der Waals surface area contributed by atoms with Gasteiger partial charge in [-0.05, 0) is 42.1 Å². The molecule has 0 aliphatic carbocycles. The Morgan fingerprint density at radius 3 is 2.70 bits per heavy atom. The summed E-state index contributed by atoms with van der Waals surface area (Å²) < 4.78 is 6.21. The molecule has 0 bridgehead atoms. The quantitative estimate of drug-likeness (QED) is 0.459. The highest BCUT2D eigenvalue weighted by molar-refractivity contribution is 7.20. The highest BCUT2D eigenvalue weighted by atomic mass is 35.5. The van der Waals surface area contributed by atoms with E-state index in [4.69, 9.17) is 16.3 Å². The highest BCUT2D eigenvalue weighted by Crippen LogP contribution is 2.35. The van der Waals surface area contributed by atoms with Gasteiger partial charge in [0, 0.05) is 26.2 Å². The van der Waals surface area contributed by atoms with E-state index in [0.717, 1.165) is 26.1 Å². The lowest BCUT2D eigenvalue weighted by Crippen LogP contribution is -2.01. The Morgan fingerprint density at radius 1 is 1.17 bits per heavy atom. The van der Waals surface area contributed by atoms with Crippen LogP contribution >= 0.6 is 22.9 Å². The maximum absolute atomic E-state index is 12.0. The van der Waals surface area contributed by atoms with E-state index in [2.05, 4.69) is 6.07 Å². The van der Waals surface area contributed by atoms with Crippen LogP contribution in [0.3, 0.4) is 0 Å². The number of ether oxygens (including phenoxy) is 1. The Morgan fingerprint density at radius 2 is 1.96 bits per heavy atom. The van der Waals surface area contributed by atoms with Gasteiger partial charge in [-0.15, -0.1) is 11.3 Å². The number of esters is 1. The van der Waals surface area contributed by atoms with Crippen molar-refractivity contribution < 1.29 is 9.53 Å². The summed E-state index contributed by atoms with van der Waals surface area (Å²) >= 11 is 7.70. The summed E-state index contributed by atoms with van der Waals surface area (Å²) in [6.45, 7) is 2.16. The maximum atomic E-state index is 12.0. The number of hydrogen-bond donors (Lipinski definition) is 0. The number of fused-ring (bicyclic) bond motifs is 1. The van der Waals surface area contributed by atoms with Crippen LogP contribution in [0.25, 0.3) is 15.7 Å². The second-order valence-corrected chi connectivity index (χ2v) is 6.49. The van der Waals surface area contributed by atoms with Crippen LogP contribution in [0, 0.1) is 0 Å². The lowest BCUT2D eigenvalue weighted by Gasteiger charge is -2.05. The molecule has 2 aromatic carbocycles. The van der Waals surface area contributed by atoms with Gasteiger partial charge in [-0.2, -0.15) is 0 Å². The van der Waals surface area contributed by atoms with Crippen molar-refractivity contribution in [1.82, 2.24) is 0 Å². The smallest absolute Gasteiger partial charge is 0.331 e. The summed E-state index contributed by atoms with van der Waals surface area (Å²) in [6, 6.07) is 17.7. The zero-order chi connectivity index (χ0) is 16.2. The van der Waals surface area contributed by atoms with Crippen molar-refractivity contribution in [3.8, 4) is 0 Å². The molecule has 23 heavy (non-hydrogen) atoms. The second-order valence-electron chi connectivity index (χ2n) is 4.97. The SMILES string of the molecule is CCOC(=O)/C=C(/c1ccccc1)c1cc2cc(Cl)ccc2s1. The van der Waals surface area contributed by atoms with Gasteiger partial charge in [-0.25, -0.2) is 4.79 Å². The van der Waals surface area contributed by atoms with Crippen molar-refractivity contribution in [3.05, 3.63) is 76.1 Å². The first-order chi connectivity index (χ1) is 11.2. The maximum Gasteiger partial charge on any atom is 0.331 e. The number of thiophene rings is 1. The van der Waals surface area contributed by atoms with E-state index in [1.54, 1.807) is 24.3 Å². The third-order valence-corrected chi connectivity index (χ3v) is 4.76. The highest BCUT2D eigenvalue weighted by Gasteiger charge is 2.12. The molecular formula is C19H15ClO2S. The normalized spacial score (nSPS) is 11.7. The van der Waals surface area contributed by atoms with Crippen LogP contribution in [0.15, 0.2) is 60.7 Å². The molecule has 1 heterocycles. The van der Waals surface area contributed by atoms with Gasteiger partial charge >= 0.3 is 5.97 Å². The Kier molecular flexibility index (Phi) is 4.79. The third kappa shape index (κ3) is 3.63. The fourth-order valence-corrected chi connectivity index (χ4v) is 3.63. The Balaban J connectivity index is 2.11. The standard InChI is InChI=1S/C19H15ClO2S/c1-2-22-19(21)12-16(13-6-4-3-5-7-13)18-11-14-10-15(20)8-9-17(14)23-18/h3-12H,2H2,1H3/b16-12-. The molecule has 0 spiro atoms. The molecule has 116 valence electrons. The summed E-state index contributed by atoms with van der Waals surface area (Å²) in [6.07, 6.45) is 1.56. The number of carbonyl (C=O) groups excluding carboxylic acids is 1. The molecule has 4 heteroatoms. The van der Waals surface area contributed by atoms with Crippen molar-refractivity contribution >= 4 is 44.6 Å². The van der Waals surface area contributed by atoms with Gasteiger partial charge < -0.3 is 4.74 Å². The predicted octanol–water partition coefficient (Wildman–Crippen LogP) is 5.55. The number of carbonyl (C=O) groups is 1. The first kappa shape index (κ1) is 15.8. The molecule has 3 aromatic rings. The largest absolute Gasteiger partial charge is 0.463 e. The van der Waals surface area contributed by atoms with Crippen molar-refractivity contribution in [2.24, 2.45) is 0 Å². The van der Waals surface area contributed by atoms with E-state index in [1.807, 2.05) is 48.5 Å². The van der Waals surface area contributed by atoms with Crippen molar-refractivity contribution in [2.75, 3.05) is 6.61 Å². The number of hydrogen-bond acceptors (Lipinski definition) is 3. The molecule has 0 radical (unpaired) electrons. The monoisotopic (exact) mass is 342 g/mol. The molecule has 0 aliphatic rings. The van der Waals surface area contributed by atoms with Crippen molar-refractivity contribution in [1.29, 1.82) is 0 Å². The topological polar surface area (TPSA) is 26.3 Å². The van der Waals surface area contributed by atoms with Crippen LogP contribution in [0.2, 0.25) is 5.02 Å². The molecule has 0 saturated heterocycles. The van der Waals surface area contributed by atoms with Gasteiger partial charge in [-0.1, -0.05) is 41.9 Å². The van der Waals surface area contributed by atoms with E-state index in [-0.39, 0.29) is 5.97 Å². The summed E-state index contributed by atoms with van der Waals surface area (Å²) in [4.78, 5) is 13.0. The third-order valence-electron chi connectivity index (χ3n) is 3.38. The van der Waals surface area contributed by atoms with Gasteiger partial charge in [0.15, 0.2) is 0 Å². The average Bonchev–Trinajstić information content (AvgIpc) is 2.96. The van der Waals surface area contributed by atoms with Gasteiger partial charge in [0.2, 0.25) is 0 Å². The van der Waals surface area contributed by atoms with E-state index in [9.17, 15) is 4.79 Å². The number of rotatable bonds is 4. The van der Waals surface area contributed by atoms with Crippen LogP contribution < -0.4 is 0 Å². The molecule has 0 saturated carbocycles. The second kappa shape index (κ2) is 6.99. The summed E-state index contributed by atoms with van der Waals surface area (Å²) in [5, 5.41) is 1.78. The fourth-order valence-electron chi connectivity index (χ4n) is 2.36. The molecule has 0 atom stereocenters. The van der Waals surface area contributed by atoms with Crippen LogP contribution in [0.1, 0.15) is 17.4 Å². The van der Waals surface area contributed by atoms with Gasteiger partial charge in [0.1, 0.15) is 0 Å². The molecule has 3 rings (SSSR count). The van der Waals surface area contributed by atoms with Crippen molar-refractivity contribution in [2.45, 2.75) is 6.92 Å². The van der Waals surface area contributed by atoms with Gasteiger partial charge in [0.25, 0.3) is 0 Å². The van der Waals surface area contributed by atoms with Gasteiger partial charge in [0.05, 0.1) is 6.61 Å². The minimum Gasteiger partial charge on any atom is -0.463 e. The van der Waals surface area contributed by atoms with E-state index in [0.29, 0.717) is 11.6 Å². The first-order valence-corrected chi connectivity index (χ1v) is 8.50. The number of halogens is 1. The average molecular weight is 343 g/mol. The molecule has 0 aliphatic heterocycles. The summed E-state index contributed by atoms with van der Waals surface area (Å²) in [7, 11) is 0. The van der Waals surface area contributed by atoms with Crippen LogP contribution in [0.5, 0.6) is 0 Å². The van der Waals surface area contributed by atoms with E-state index < -0.39 is 0 Å². The summed E-state index contributed by atoms with van der Waals surface area (Å²) in [5.41, 5.74) is 1.85. The first-order valence-electron chi connectivity index (χ1n) is 7.30. The fraction of sp³-hybridized carbons (Fsp3) is 0.105. The van der Waals surface area contributed by atoms with Crippen LogP contribution in [-0.4, -0.2) is 12.6 Å². The number of benzene rings is 2. The Hall–Kier alpha value is -2.10. The van der Waals surface area contributed by atoms with Crippen LogP contribution in [-0.2, 0) is 9.53 Å². The molecule has 0 N–H and O–H groups in total. The van der Waals surface area contributed by atoms with E-state index in [1.165, 1.54) is 0 Å². The molecule has 0 amide bonds. The zero-order valence-electron chi connectivity index (χ0n) is 12.6. The molecule has 0 fully saturated rings. The lowest BCUT2D eigenvalue weighted by molar-refractivity contribution is -0.137. The minimum absolute atomic E-state index is 0.332. The summed E-state index contributed by atoms with van der Waals surface area (Å²) in [5.74, 6) is -0.332. The zero-order valence-corrected chi connectivity index (χ0v) is 14.2. The molecule has 0 unspecified atom stereocenters. The molecular weight excluding hydrogens is 328 g/mol. The van der Waals surface area contributed by atoms with Crippen molar-refractivity contribution in [3.63, 3.8) is 0 Å². The van der Waals surface area contributed by atoms with Gasteiger partial charge in [-0.3, -0.25) is 0 Å².